The van der Waals surface area contributed by atoms with Gasteiger partial charge < -0.3 is 14.4 Å². The smallest absolute Gasteiger partial charge is 0.435 e. The number of benzene rings is 1. The van der Waals surface area contributed by atoms with E-state index >= 15 is 0 Å². The fourth-order valence-electron chi connectivity index (χ4n) is 5.62. The molecule has 1 aromatic carbocycles. The summed E-state index contributed by atoms with van der Waals surface area (Å²) < 4.78 is 13.3. The second-order valence-corrected chi connectivity index (χ2v) is 13.0. The third-order valence-electron chi connectivity index (χ3n) is 7.19. The van der Waals surface area contributed by atoms with E-state index in [0.717, 1.165) is 47.9 Å². The van der Waals surface area contributed by atoms with Crippen LogP contribution in [0.1, 0.15) is 77.0 Å². The zero-order valence-electron chi connectivity index (χ0n) is 23.2. The van der Waals surface area contributed by atoms with Crippen LogP contribution < -0.4 is 4.74 Å². The zero-order chi connectivity index (χ0) is 27.1. The molecule has 37 heavy (non-hydrogen) atoms. The highest BCUT2D eigenvalue weighted by Crippen LogP contribution is 2.41. The first-order chi connectivity index (χ1) is 17.3. The van der Waals surface area contributed by atoms with Gasteiger partial charge in [0.05, 0.1) is 11.1 Å². The molecule has 0 saturated carbocycles. The van der Waals surface area contributed by atoms with E-state index in [1.54, 1.807) is 0 Å². The minimum Gasteiger partial charge on any atom is -0.475 e. The fraction of sp³-hybridized carbons (Fsp3) is 0.621. The molecule has 0 aliphatic carbocycles. The second kappa shape index (κ2) is 10.4. The third-order valence-corrected chi connectivity index (χ3v) is 7.59. The molecule has 2 aromatic rings. The molecule has 3 heterocycles. The van der Waals surface area contributed by atoms with Crippen molar-refractivity contribution in [2.45, 2.75) is 98.3 Å². The normalized spacial score (nSPS) is 19.4. The lowest BCUT2D eigenvalue weighted by Crippen LogP contribution is -2.46. The van der Waals surface area contributed by atoms with Gasteiger partial charge in [0.15, 0.2) is 0 Å². The summed E-state index contributed by atoms with van der Waals surface area (Å²) in [5.41, 5.74) is 3.15. The van der Waals surface area contributed by atoms with Gasteiger partial charge in [-0.05, 0) is 92.7 Å². The van der Waals surface area contributed by atoms with Crippen molar-refractivity contribution < 1.29 is 19.1 Å². The van der Waals surface area contributed by atoms with Crippen LogP contribution in [-0.2, 0) is 16.0 Å². The summed E-state index contributed by atoms with van der Waals surface area (Å²) in [6.07, 6.45) is 4.44. The molecule has 4 rings (SSSR count). The Bertz CT molecular complexity index is 1140. The predicted octanol–water partition coefficient (Wildman–Crippen LogP) is 6.45. The van der Waals surface area contributed by atoms with Crippen molar-refractivity contribution in [2.75, 3.05) is 11.9 Å². The Hall–Kier alpha value is -2.35. The number of alkyl halides is 1. The van der Waals surface area contributed by atoms with Gasteiger partial charge in [-0.15, -0.1) is 5.10 Å². The van der Waals surface area contributed by atoms with Crippen molar-refractivity contribution in [3.8, 4) is 17.1 Å². The first-order valence-corrected chi connectivity index (χ1v) is 14.4. The molecule has 1 aromatic heterocycles. The average molecular weight is 575 g/mol. The molecule has 1 amide bonds. The Morgan fingerprint density at radius 3 is 2.08 bits per heavy atom. The van der Waals surface area contributed by atoms with Crippen LogP contribution in [-0.4, -0.2) is 56.3 Å². The lowest BCUT2D eigenvalue weighted by molar-refractivity contribution is -0.143. The van der Waals surface area contributed by atoms with Crippen LogP contribution in [0.2, 0.25) is 0 Å². The molecule has 0 unspecified atom stereocenters. The molecular weight excluding hydrogens is 534 g/mol. The second-order valence-electron chi connectivity index (χ2n) is 12.2. The molecule has 8 heteroatoms. The molecule has 2 saturated heterocycles. The molecule has 2 fully saturated rings. The minimum absolute atomic E-state index is 0.139. The summed E-state index contributed by atoms with van der Waals surface area (Å²) in [6, 6.07) is 6.91. The first-order valence-electron chi connectivity index (χ1n) is 13.3. The van der Waals surface area contributed by atoms with Crippen LogP contribution in [0.25, 0.3) is 11.3 Å². The van der Waals surface area contributed by atoms with Crippen LogP contribution in [0, 0.1) is 19.3 Å². The highest BCUT2D eigenvalue weighted by Gasteiger charge is 2.46. The predicted molar refractivity (Wildman–Crippen MR) is 148 cm³/mol. The lowest BCUT2D eigenvalue weighted by Gasteiger charge is -2.32. The number of amides is 1. The van der Waals surface area contributed by atoms with E-state index in [0.29, 0.717) is 35.4 Å². The number of halogens is 1. The maximum atomic E-state index is 13.5. The van der Waals surface area contributed by atoms with Gasteiger partial charge in [0.1, 0.15) is 12.2 Å². The number of ether oxygens (including phenoxy) is 2. The fourth-order valence-corrected chi connectivity index (χ4v) is 6.01. The van der Waals surface area contributed by atoms with Crippen molar-refractivity contribution >= 4 is 27.9 Å². The highest BCUT2D eigenvalue weighted by molar-refractivity contribution is 9.09. The summed E-state index contributed by atoms with van der Waals surface area (Å²) in [6.45, 7) is 13.6. The topological polar surface area (TPSA) is 73.7 Å². The van der Waals surface area contributed by atoms with E-state index in [2.05, 4.69) is 32.0 Å². The Balaban J connectivity index is 1.70. The van der Waals surface area contributed by atoms with Gasteiger partial charge in [-0.3, -0.25) is 4.79 Å². The van der Waals surface area contributed by atoms with Gasteiger partial charge in [0.25, 0.3) is 0 Å². The third kappa shape index (κ3) is 5.89. The number of aryl methyl sites for hydroxylation is 2. The van der Waals surface area contributed by atoms with E-state index in [1.165, 1.54) is 4.68 Å². The highest BCUT2D eigenvalue weighted by atomic mass is 79.9. The molecule has 0 N–H and O–H groups in total. The molecular formula is C29H40BrN3O4. The van der Waals surface area contributed by atoms with Crippen LogP contribution in [0.5, 0.6) is 5.88 Å². The van der Waals surface area contributed by atoms with E-state index in [4.69, 9.17) is 9.47 Å². The number of nitrogens with zero attached hydrogens (tertiary/aromatic N) is 3. The largest absolute Gasteiger partial charge is 0.475 e. The van der Waals surface area contributed by atoms with Crippen molar-refractivity contribution in [3.63, 3.8) is 0 Å². The Labute approximate surface area is 229 Å². The molecule has 7 nitrogen and oxygen atoms in total. The zero-order valence-corrected chi connectivity index (χ0v) is 24.8. The number of hydrogen-bond donors (Lipinski definition) is 0. The first kappa shape index (κ1) is 27.7. The average Bonchev–Trinajstić information content (AvgIpc) is 3.48. The van der Waals surface area contributed by atoms with Gasteiger partial charge in [-0.2, -0.15) is 4.68 Å². The maximum Gasteiger partial charge on any atom is 0.435 e. The quantitative estimate of drug-likeness (QED) is 0.356. The van der Waals surface area contributed by atoms with Crippen LogP contribution in [0.4, 0.5) is 4.79 Å². The lowest BCUT2D eigenvalue weighted by atomic mass is 9.92. The van der Waals surface area contributed by atoms with E-state index < -0.39 is 17.1 Å². The molecule has 2 bridgehead atoms. The molecule has 0 spiro atoms. The summed E-state index contributed by atoms with van der Waals surface area (Å²) in [5.74, 6) is 0.505. The summed E-state index contributed by atoms with van der Waals surface area (Å²) >= 11 is 3.56. The molecule has 0 atom stereocenters. The summed E-state index contributed by atoms with van der Waals surface area (Å²) in [7, 11) is 0. The van der Waals surface area contributed by atoms with Crippen molar-refractivity contribution in [2.24, 2.45) is 5.41 Å². The summed E-state index contributed by atoms with van der Waals surface area (Å²) in [4.78, 5) is 28.9. The number of rotatable bonds is 7. The number of aromatic nitrogens is 2. The van der Waals surface area contributed by atoms with Crippen LogP contribution in [0.3, 0.4) is 0 Å². The maximum absolute atomic E-state index is 13.5. The van der Waals surface area contributed by atoms with Gasteiger partial charge in [-0.25, -0.2) is 4.79 Å². The Morgan fingerprint density at radius 2 is 1.57 bits per heavy atom. The summed E-state index contributed by atoms with van der Waals surface area (Å²) in [5, 5.41) is 5.29. The van der Waals surface area contributed by atoms with E-state index in [9.17, 15) is 9.59 Å². The monoisotopic (exact) mass is 573 g/mol. The van der Waals surface area contributed by atoms with Gasteiger partial charge >= 0.3 is 6.09 Å². The molecule has 202 valence electrons. The van der Waals surface area contributed by atoms with Gasteiger partial charge in [0.2, 0.25) is 11.8 Å². The van der Waals surface area contributed by atoms with E-state index in [-0.39, 0.29) is 12.5 Å². The molecule has 0 radical (unpaired) electrons. The number of fused-ring (bicyclic) bond motifs is 2. The van der Waals surface area contributed by atoms with Crippen LogP contribution in [0.15, 0.2) is 18.2 Å². The number of hydrogen-bond acceptors (Lipinski definition) is 5. The van der Waals surface area contributed by atoms with Gasteiger partial charge in [0, 0.05) is 28.5 Å². The minimum atomic E-state index is -0.716. The number of carbonyl (C=O) groups excluding carboxylic acids is 2. The van der Waals surface area contributed by atoms with Crippen molar-refractivity contribution in [1.82, 2.24) is 14.7 Å². The van der Waals surface area contributed by atoms with Gasteiger partial charge in [-0.1, -0.05) is 33.1 Å². The molecule has 2 aliphatic rings. The SMILES string of the molecule is Cc1cc(C)cc(-c2c(CCBr)c(OCC(C)(C)C(=O)N3C4CCC3CC4)nn2C(=O)OC(C)(C)C)c1. The number of carbonyl (C=O) groups is 2. The standard InChI is InChI=1S/C29H40BrN3O4/c1-18-14-19(2)16-20(15-18)24-23(12-13-30)25(31-33(24)27(35)37-28(3,4)5)36-17-29(6,7)26(34)32-21-8-9-22(32)11-10-21/h14-16,21-22H,8-13,17H2,1-7H3. The van der Waals surface area contributed by atoms with Crippen LogP contribution >= 0.6 is 15.9 Å². The Morgan fingerprint density at radius 1 is 1.00 bits per heavy atom. The Kier molecular flexibility index (Phi) is 7.80. The molecule has 2 aliphatic heterocycles. The van der Waals surface area contributed by atoms with Crippen molar-refractivity contribution in [3.05, 3.63) is 34.9 Å². The van der Waals surface area contributed by atoms with E-state index in [1.807, 2.05) is 60.6 Å². The van der Waals surface area contributed by atoms with Crippen molar-refractivity contribution in [1.29, 1.82) is 0 Å².